The van der Waals surface area contributed by atoms with E-state index in [0.717, 1.165) is 18.2 Å². The first-order chi connectivity index (χ1) is 8.99. The number of nitrogens with two attached hydrogens (primary N) is 1. The minimum Gasteiger partial charge on any atom is -0.486 e. The van der Waals surface area contributed by atoms with Crippen LogP contribution >= 0.6 is 15.9 Å². The maximum absolute atomic E-state index is 13.4. The van der Waals surface area contributed by atoms with E-state index in [4.69, 9.17) is 10.5 Å². The Morgan fingerprint density at radius 1 is 1.05 bits per heavy atom. The molecule has 0 spiro atoms. The van der Waals surface area contributed by atoms with Crippen LogP contribution in [0, 0.1) is 17.5 Å². The van der Waals surface area contributed by atoms with Gasteiger partial charge < -0.3 is 10.5 Å². The third-order valence-corrected chi connectivity index (χ3v) is 3.09. The Balaban J connectivity index is 2.22. The third-order valence-electron chi connectivity index (χ3n) is 2.49. The molecule has 0 aliphatic rings. The molecule has 0 heterocycles. The van der Waals surface area contributed by atoms with Crippen LogP contribution in [0.25, 0.3) is 0 Å². The van der Waals surface area contributed by atoms with Gasteiger partial charge in [0.25, 0.3) is 0 Å². The van der Waals surface area contributed by atoms with Gasteiger partial charge in [0.1, 0.15) is 29.8 Å². The Morgan fingerprint density at radius 3 is 2.32 bits per heavy atom. The number of halogens is 4. The van der Waals surface area contributed by atoms with Crippen molar-refractivity contribution in [2.24, 2.45) is 0 Å². The van der Waals surface area contributed by atoms with Crippen LogP contribution in [0.15, 0.2) is 34.8 Å². The second-order valence-electron chi connectivity index (χ2n) is 3.79. The molecule has 2 N–H and O–H groups in total. The molecule has 0 radical (unpaired) electrons. The lowest BCUT2D eigenvalue weighted by atomic mass is 10.2. The lowest BCUT2D eigenvalue weighted by molar-refractivity contribution is 0.292. The van der Waals surface area contributed by atoms with Crippen molar-refractivity contribution in [1.82, 2.24) is 0 Å². The molecule has 0 aliphatic carbocycles. The van der Waals surface area contributed by atoms with Crippen LogP contribution in [0.3, 0.4) is 0 Å². The van der Waals surface area contributed by atoms with E-state index < -0.39 is 17.5 Å². The standard InChI is InChI=1S/C13H9BrF3NO/c14-8-4-12(18)13(5-11(8)17)19-6-7-9(15)2-1-3-10(7)16/h1-5H,6,18H2. The Morgan fingerprint density at radius 2 is 1.68 bits per heavy atom. The van der Waals surface area contributed by atoms with E-state index in [2.05, 4.69) is 15.9 Å². The Hall–Kier alpha value is -1.69. The van der Waals surface area contributed by atoms with E-state index in [0.29, 0.717) is 0 Å². The molecule has 2 aromatic rings. The average molecular weight is 332 g/mol. The van der Waals surface area contributed by atoms with Crippen LogP contribution in [0.1, 0.15) is 5.56 Å². The molecule has 2 rings (SSSR count). The van der Waals surface area contributed by atoms with Crippen molar-refractivity contribution in [3.05, 3.63) is 57.8 Å². The van der Waals surface area contributed by atoms with Crippen LogP contribution in [0.5, 0.6) is 5.75 Å². The van der Waals surface area contributed by atoms with E-state index >= 15 is 0 Å². The molecular weight excluding hydrogens is 323 g/mol. The summed E-state index contributed by atoms with van der Waals surface area (Å²) >= 11 is 2.97. The van der Waals surface area contributed by atoms with Gasteiger partial charge in [-0.1, -0.05) is 6.07 Å². The van der Waals surface area contributed by atoms with E-state index in [9.17, 15) is 13.2 Å². The molecule has 2 nitrogen and oxygen atoms in total. The Kier molecular flexibility index (Phi) is 3.99. The summed E-state index contributed by atoms with van der Waals surface area (Å²) in [7, 11) is 0. The first-order valence-electron chi connectivity index (χ1n) is 5.29. The van der Waals surface area contributed by atoms with Crippen LogP contribution in [-0.2, 0) is 6.61 Å². The molecule has 2 aromatic carbocycles. The summed E-state index contributed by atoms with van der Waals surface area (Å²) in [5.74, 6) is -1.99. The number of anilines is 1. The maximum atomic E-state index is 13.4. The Labute approximate surface area is 116 Å². The highest BCUT2D eigenvalue weighted by atomic mass is 79.9. The number of benzene rings is 2. The molecule has 100 valence electrons. The molecule has 6 heteroatoms. The molecule has 0 bridgehead atoms. The predicted octanol–water partition coefficient (Wildman–Crippen LogP) is 4.03. The zero-order valence-electron chi connectivity index (χ0n) is 9.59. The van der Waals surface area contributed by atoms with Crippen LogP contribution in [0.4, 0.5) is 18.9 Å². The number of hydrogen-bond donors (Lipinski definition) is 1. The largest absolute Gasteiger partial charge is 0.486 e. The number of nitrogen functional groups attached to an aromatic ring is 1. The van der Waals surface area contributed by atoms with E-state index in [1.807, 2.05) is 0 Å². The third kappa shape index (κ3) is 3.01. The molecule has 0 unspecified atom stereocenters. The van der Waals surface area contributed by atoms with Crippen molar-refractivity contribution in [2.45, 2.75) is 6.61 Å². The lowest BCUT2D eigenvalue weighted by Gasteiger charge is -2.11. The van der Waals surface area contributed by atoms with Crippen LogP contribution in [0.2, 0.25) is 0 Å². The van der Waals surface area contributed by atoms with Crippen molar-refractivity contribution >= 4 is 21.6 Å². The molecule has 0 fully saturated rings. The minimum absolute atomic E-state index is 0.0309. The summed E-state index contributed by atoms with van der Waals surface area (Å²) in [4.78, 5) is 0. The lowest BCUT2D eigenvalue weighted by Crippen LogP contribution is -2.04. The summed E-state index contributed by atoms with van der Waals surface area (Å²) in [6.07, 6.45) is 0. The Bertz CT molecular complexity index is 599. The second-order valence-corrected chi connectivity index (χ2v) is 4.65. The zero-order chi connectivity index (χ0) is 14.0. The SMILES string of the molecule is Nc1cc(Br)c(F)cc1OCc1c(F)cccc1F. The van der Waals surface area contributed by atoms with Crippen molar-refractivity contribution in [1.29, 1.82) is 0 Å². The number of ether oxygens (including phenoxy) is 1. The smallest absolute Gasteiger partial charge is 0.145 e. The van der Waals surface area contributed by atoms with Gasteiger partial charge in [0, 0.05) is 6.07 Å². The molecule has 0 aliphatic heterocycles. The second kappa shape index (κ2) is 5.52. The average Bonchev–Trinajstić information content (AvgIpc) is 2.34. The fraction of sp³-hybridized carbons (Fsp3) is 0.0769. The van der Waals surface area contributed by atoms with Crippen molar-refractivity contribution in [2.75, 3.05) is 5.73 Å². The monoisotopic (exact) mass is 331 g/mol. The summed E-state index contributed by atoms with van der Waals surface area (Å²) in [5, 5.41) is 0. The highest BCUT2D eigenvalue weighted by molar-refractivity contribution is 9.10. The van der Waals surface area contributed by atoms with Crippen LogP contribution < -0.4 is 10.5 Å². The molecule has 0 amide bonds. The molecule has 0 saturated heterocycles. The van der Waals surface area contributed by atoms with Gasteiger partial charge in [-0.05, 0) is 34.1 Å². The van der Waals surface area contributed by atoms with Gasteiger partial charge in [0.05, 0.1) is 15.7 Å². The summed E-state index contributed by atoms with van der Waals surface area (Å²) in [6.45, 7) is -0.371. The van der Waals surface area contributed by atoms with Crippen molar-refractivity contribution < 1.29 is 17.9 Å². The van der Waals surface area contributed by atoms with Gasteiger partial charge in [0.2, 0.25) is 0 Å². The zero-order valence-corrected chi connectivity index (χ0v) is 11.2. The fourth-order valence-corrected chi connectivity index (χ4v) is 1.85. The number of hydrogen-bond acceptors (Lipinski definition) is 2. The predicted molar refractivity (Wildman–Crippen MR) is 69.2 cm³/mol. The number of rotatable bonds is 3. The first-order valence-corrected chi connectivity index (χ1v) is 6.08. The van der Waals surface area contributed by atoms with Gasteiger partial charge in [0.15, 0.2) is 0 Å². The molecular formula is C13H9BrF3NO. The highest BCUT2D eigenvalue weighted by Crippen LogP contribution is 2.29. The van der Waals surface area contributed by atoms with Gasteiger partial charge >= 0.3 is 0 Å². The van der Waals surface area contributed by atoms with Crippen molar-refractivity contribution in [3.63, 3.8) is 0 Å². The van der Waals surface area contributed by atoms with Crippen molar-refractivity contribution in [3.8, 4) is 5.75 Å². The molecule has 0 atom stereocenters. The molecule has 0 saturated carbocycles. The topological polar surface area (TPSA) is 35.2 Å². The first kappa shape index (κ1) is 13.7. The quantitative estimate of drug-likeness (QED) is 0.862. The summed E-state index contributed by atoms with van der Waals surface area (Å²) in [5.41, 5.74) is 5.56. The molecule has 19 heavy (non-hydrogen) atoms. The fourth-order valence-electron chi connectivity index (χ4n) is 1.49. The van der Waals surface area contributed by atoms with Gasteiger partial charge in [-0.15, -0.1) is 0 Å². The van der Waals surface area contributed by atoms with E-state index in [1.165, 1.54) is 12.1 Å². The van der Waals surface area contributed by atoms with Gasteiger partial charge in [-0.25, -0.2) is 13.2 Å². The summed E-state index contributed by atoms with van der Waals surface area (Å²) < 4.78 is 45.4. The molecule has 0 aromatic heterocycles. The van der Waals surface area contributed by atoms with Gasteiger partial charge in [-0.3, -0.25) is 0 Å². The van der Waals surface area contributed by atoms with Crippen LogP contribution in [-0.4, -0.2) is 0 Å². The normalized spacial score (nSPS) is 10.5. The highest BCUT2D eigenvalue weighted by Gasteiger charge is 2.11. The van der Waals surface area contributed by atoms with Gasteiger partial charge in [-0.2, -0.15) is 0 Å². The maximum Gasteiger partial charge on any atom is 0.145 e. The van der Waals surface area contributed by atoms with E-state index in [-0.39, 0.29) is 28.1 Å². The van der Waals surface area contributed by atoms with E-state index in [1.54, 1.807) is 0 Å². The summed E-state index contributed by atoms with van der Waals surface area (Å²) in [6, 6.07) is 5.86. The minimum atomic E-state index is -0.726.